The van der Waals surface area contributed by atoms with Gasteiger partial charge in [-0.2, -0.15) is 13.2 Å². The maximum absolute atomic E-state index is 12.9. The Morgan fingerprint density at radius 3 is 2.26 bits per heavy atom. The van der Waals surface area contributed by atoms with Gasteiger partial charge in [-0.05, 0) is 44.3 Å². The molecule has 0 heterocycles. The van der Waals surface area contributed by atoms with Crippen molar-refractivity contribution >= 4 is 40.5 Å². The van der Waals surface area contributed by atoms with Crippen LogP contribution in [0.15, 0.2) is 42.5 Å². The lowest BCUT2D eigenvalue weighted by atomic mass is 10.2. The van der Waals surface area contributed by atoms with Gasteiger partial charge in [-0.1, -0.05) is 11.6 Å². The van der Waals surface area contributed by atoms with Crippen LogP contribution in [0.4, 0.5) is 30.2 Å². The Morgan fingerprint density at radius 2 is 1.71 bits per heavy atom. The molecule has 0 aliphatic rings. The standard InChI is InChI=1S/C19H18ClF3N4O4/c1-11(18(29)25-12-3-6-14(7-4-12)27(30)31)26(2)10-17(28)24-13-5-8-16(20)15(9-13)19(21,22)23/h3-9,11H,10H2,1-2H3,(H,24,28)(H,25,29). The second-order valence-electron chi connectivity index (χ2n) is 6.62. The van der Waals surface area contributed by atoms with Gasteiger partial charge in [0, 0.05) is 23.5 Å². The van der Waals surface area contributed by atoms with E-state index in [9.17, 15) is 32.9 Å². The van der Waals surface area contributed by atoms with Gasteiger partial charge in [-0.15, -0.1) is 0 Å². The maximum Gasteiger partial charge on any atom is 0.417 e. The van der Waals surface area contributed by atoms with Gasteiger partial charge in [-0.3, -0.25) is 24.6 Å². The minimum absolute atomic E-state index is 0.0851. The quantitative estimate of drug-likeness (QED) is 0.478. The number of amides is 2. The molecule has 0 radical (unpaired) electrons. The SMILES string of the molecule is CC(C(=O)Nc1ccc([N+](=O)[O-])cc1)N(C)CC(=O)Nc1ccc(Cl)c(C(F)(F)F)c1. The molecule has 2 N–H and O–H groups in total. The molecule has 1 unspecified atom stereocenters. The van der Waals surface area contributed by atoms with Crippen molar-refractivity contribution in [3.05, 3.63) is 63.2 Å². The van der Waals surface area contributed by atoms with Crippen LogP contribution in [0.3, 0.4) is 0 Å². The first-order valence-corrected chi connectivity index (χ1v) is 9.18. The van der Waals surface area contributed by atoms with Gasteiger partial charge in [0.2, 0.25) is 11.8 Å². The first kappa shape index (κ1) is 24.1. The van der Waals surface area contributed by atoms with Crippen LogP contribution in [0.5, 0.6) is 0 Å². The Kier molecular flexibility index (Phi) is 7.58. The number of nitrogens with zero attached hydrogens (tertiary/aromatic N) is 2. The van der Waals surface area contributed by atoms with Crippen molar-refractivity contribution in [1.82, 2.24) is 4.90 Å². The van der Waals surface area contributed by atoms with Crippen molar-refractivity contribution in [2.24, 2.45) is 0 Å². The fourth-order valence-electron chi connectivity index (χ4n) is 2.50. The zero-order valence-electron chi connectivity index (χ0n) is 16.4. The van der Waals surface area contributed by atoms with Crippen LogP contribution >= 0.6 is 11.6 Å². The number of hydrogen-bond donors (Lipinski definition) is 2. The predicted molar refractivity (Wildman–Crippen MR) is 109 cm³/mol. The molecule has 0 aliphatic heterocycles. The molecule has 0 aromatic heterocycles. The van der Waals surface area contributed by atoms with E-state index in [-0.39, 0.29) is 17.9 Å². The first-order valence-electron chi connectivity index (χ1n) is 8.80. The number of alkyl halides is 3. The highest BCUT2D eigenvalue weighted by molar-refractivity contribution is 6.31. The molecule has 8 nitrogen and oxygen atoms in total. The van der Waals surface area contributed by atoms with Crippen molar-refractivity contribution < 1.29 is 27.7 Å². The average Bonchev–Trinajstić information content (AvgIpc) is 2.68. The Morgan fingerprint density at radius 1 is 1.13 bits per heavy atom. The summed E-state index contributed by atoms with van der Waals surface area (Å²) in [6.07, 6.45) is -4.67. The number of hydrogen-bond acceptors (Lipinski definition) is 5. The van der Waals surface area contributed by atoms with Crippen molar-refractivity contribution in [3.8, 4) is 0 Å². The van der Waals surface area contributed by atoms with Crippen LogP contribution in [-0.4, -0.2) is 41.3 Å². The van der Waals surface area contributed by atoms with Crippen LogP contribution in [0.2, 0.25) is 5.02 Å². The molecule has 0 aliphatic carbocycles. The largest absolute Gasteiger partial charge is 0.417 e. The zero-order chi connectivity index (χ0) is 23.3. The van der Waals surface area contributed by atoms with Gasteiger partial charge in [0.1, 0.15) is 0 Å². The second kappa shape index (κ2) is 9.75. The fourth-order valence-corrected chi connectivity index (χ4v) is 2.72. The van der Waals surface area contributed by atoms with E-state index < -0.39 is 39.5 Å². The number of carbonyl (C=O) groups excluding carboxylic acids is 2. The molecule has 2 aromatic carbocycles. The molecular weight excluding hydrogens is 441 g/mol. The van der Waals surface area contributed by atoms with Gasteiger partial charge >= 0.3 is 6.18 Å². The van der Waals surface area contributed by atoms with Gasteiger partial charge < -0.3 is 10.6 Å². The lowest BCUT2D eigenvalue weighted by Crippen LogP contribution is -2.43. The zero-order valence-corrected chi connectivity index (χ0v) is 17.1. The van der Waals surface area contributed by atoms with Crippen molar-refractivity contribution in [2.75, 3.05) is 24.2 Å². The molecule has 166 valence electrons. The van der Waals surface area contributed by atoms with Crippen LogP contribution in [0.1, 0.15) is 12.5 Å². The highest BCUT2D eigenvalue weighted by atomic mass is 35.5. The summed E-state index contributed by atoms with van der Waals surface area (Å²) >= 11 is 5.55. The van der Waals surface area contributed by atoms with Gasteiger partial charge in [0.05, 0.1) is 28.1 Å². The van der Waals surface area contributed by atoms with Crippen molar-refractivity contribution in [3.63, 3.8) is 0 Å². The van der Waals surface area contributed by atoms with Gasteiger partial charge in [-0.25, -0.2) is 0 Å². The summed E-state index contributed by atoms with van der Waals surface area (Å²) in [7, 11) is 1.49. The Hall–Kier alpha value is -3.18. The third kappa shape index (κ3) is 6.66. The third-order valence-electron chi connectivity index (χ3n) is 4.33. The molecule has 31 heavy (non-hydrogen) atoms. The van der Waals surface area contributed by atoms with E-state index in [4.69, 9.17) is 11.6 Å². The number of non-ortho nitro benzene ring substituents is 1. The summed E-state index contributed by atoms with van der Waals surface area (Å²) in [5.41, 5.74) is -0.953. The van der Waals surface area contributed by atoms with E-state index >= 15 is 0 Å². The number of likely N-dealkylation sites (N-methyl/N-ethyl adjacent to an activating group) is 1. The van der Waals surface area contributed by atoms with Crippen LogP contribution in [-0.2, 0) is 15.8 Å². The maximum atomic E-state index is 12.9. The summed E-state index contributed by atoms with van der Waals surface area (Å²) in [5, 5.41) is 15.1. The van der Waals surface area contributed by atoms with E-state index in [2.05, 4.69) is 10.6 Å². The lowest BCUT2D eigenvalue weighted by molar-refractivity contribution is -0.384. The average molecular weight is 459 g/mol. The van der Waals surface area contributed by atoms with Gasteiger partial charge in [0.25, 0.3) is 5.69 Å². The van der Waals surface area contributed by atoms with E-state index in [0.29, 0.717) is 5.69 Å². The summed E-state index contributed by atoms with van der Waals surface area (Å²) in [5.74, 6) is -1.11. The van der Waals surface area contributed by atoms with E-state index in [1.807, 2.05) is 0 Å². The van der Waals surface area contributed by atoms with Crippen LogP contribution in [0, 0.1) is 10.1 Å². The smallest absolute Gasteiger partial charge is 0.325 e. The summed E-state index contributed by atoms with van der Waals surface area (Å²) in [6.45, 7) is 1.25. The normalized spacial score (nSPS) is 12.4. The van der Waals surface area contributed by atoms with Gasteiger partial charge in [0.15, 0.2) is 0 Å². The van der Waals surface area contributed by atoms with E-state index in [1.165, 1.54) is 49.2 Å². The third-order valence-corrected chi connectivity index (χ3v) is 4.66. The summed E-state index contributed by atoms with van der Waals surface area (Å²) in [4.78, 5) is 36.0. The molecule has 0 saturated carbocycles. The monoisotopic (exact) mass is 458 g/mol. The van der Waals surface area contributed by atoms with Crippen molar-refractivity contribution in [2.45, 2.75) is 19.1 Å². The van der Waals surface area contributed by atoms with Crippen LogP contribution in [0.25, 0.3) is 0 Å². The van der Waals surface area contributed by atoms with E-state index in [1.54, 1.807) is 0 Å². The molecule has 12 heteroatoms. The number of nitro groups is 1. The number of nitrogens with one attached hydrogen (secondary N) is 2. The minimum atomic E-state index is -4.67. The first-order chi connectivity index (χ1) is 14.4. The fraction of sp³-hybridized carbons (Fsp3) is 0.263. The molecular formula is C19H18ClF3N4O4. The molecule has 0 fully saturated rings. The number of nitro benzene ring substituents is 1. The Bertz CT molecular complexity index is 983. The molecule has 0 saturated heterocycles. The number of halogens is 4. The molecule has 2 aromatic rings. The van der Waals surface area contributed by atoms with Crippen LogP contribution < -0.4 is 10.6 Å². The molecule has 0 spiro atoms. The molecule has 1 atom stereocenters. The number of anilines is 2. The predicted octanol–water partition coefficient (Wildman–Crippen LogP) is 4.16. The second-order valence-corrected chi connectivity index (χ2v) is 7.03. The molecule has 2 rings (SSSR count). The van der Waals surface area contributed by atoms with Crippen molar-refractivity contribution in [1.29, 1.82) is 0 Å². The number of rotatable bonds is 7. The minimum Gasteiger partial charge on any atom is -0.325 e. The molecule has 2 amide bonds. The summed E-state index contributed by atoms with van der Waals surface area (Å²) in [6, 6.07) is 7.42. The highest BCUT2D eigenvalue weighted by Crippen LogP contribution is 2.36. The number of carbonyl (C=O) groups is 2. The topological polar surface area (TPSA) is 105 Å². The highest BCUT2D eigenvalue weighted by Gasteiger charge is 2.33. The Balaban J connectivity index is 1.95. The summed E-state index contributed by atoms with van der Waals surface area (Å²) < 4.78 is 38.8. The molecule has 0 bridgehead atoms. The van der Waals surface area contributed by atoms with E-state index in [0.717, 1.165) is 12.1 Å². The number of benzene rings is 2. The lowest BCUT2D eigenvalue weighted by Gasteiger charge is -2.23. The Labute approximate surface area is 180 Å².